The lowest BCUT2D eigenvalue weighted by molar-refractivity contribution is 0.171. The van der Waals surface area contributed by atoms with Crippen molar-refractivity contribution in [2.24, 2.45) is 0 Å². The minimum Gasteiger partial charge on any atom is -0.486 e. The van der Waals surface area contributed by atoms with Crippen molar-refractivity contribution in [3.05, 3.63) is 65.6 Å². The molecule has 1 aliphatic heterocycles. The maximum Gasteiger partial charge on any atom is 0.163 e. The van der Waals surface area contributed by atoms with Crippen molar-refractivity contribution in [1.82, 2.24) is 14.5 Å². The van der Waals surface area contributed by atoms with Crippen LogP contribution >= 0.6 is 0 Å². The first kappa shape index (κ1) is 17.6. The van der Waals surface area contributed by atoms with Crippen molar-refractivity contribution < 1.29 is 9.47 Å². The zero-order valence-electron chi connectivity index (χ0n) is 16.7. The van der Waals surface area contributed by atoms with Gasteiger partial charge in [0.2, 0.25) is 0 Å². The third-order valence-corrected chi connectivity index (χ3v) is 5.29. The second-order valence-electron chi connectivity index (χ2n) is 7.18. The summed E-state index contributed by atoms with van der Waals surface area (Å²) >= 11 is 0. The van der Waals surface area contributed by atoms with Crippen LogP contribution < -0.4 is 14.8 Å². The fourth-order valence-electron chi connectivity index (χ4n) is 3.81. The number of hydrogen-bond acceptors (Lipinski definition) is 5. The van der Waals surface area contributed by atoms with Crippen molar-refractivity contribution in [1.29, 1.82) is 0 Å². The van der Waals surface area contributed by atoms with Gasteiger partial charge in [0.25, 0.3) is 0 Å². The van der Waals surface area contributed by atoms with Gasteiger partial charge in [0.15, 0.2) is 17.1 Å². The Morgan fingerprint density at radius 3 is 2.45 bits per heavy atom. The molecule has 6 heteroatoms. The highest BCUT2D eigenvalue weighted by molar-refractivity contribution is 5.94. The number of aromatic nitrogens is 3. The average Bonchev–Trinajstić information content (AvgIpc) is 2.98. The van der Waals surface area contributed by atoms with E-state index in [1.54, 1.807) is 0 Å². The Morgan fingerprint density at radius 1 is 0.897 bits per heavy atom. The van der Waals surface area contributed by atoms with E-state index in [1.165, 1.54) is 0 Å². The van der Waals surface area contributed by atoms with Crippen LogP contribution in [-0.4, -0.2) is 27.7 Å². The maximum atomic E-state index is 5.72. The van der Waals surface area contributed by atoms with Crippen LogP contribution in [-0.2, 0) is 0 Å². The number of ether oxygens (including phenoxy) is 2. The molecule has 1 N–H and O–H groups in total. The summed E-state index contributed by atoms with van der Waals surface area (Å²) in [5.41, 5.74) is 5.20. The van der Waals surface area contributed by atoms with Crippen LogP contribution in [0.4, 0.5) is 11.5 Å². The van der Waals surface area contributed by atoms with Gasteiger partial charge in [-0.1, -0.05) is 18.2 Å². The van der Waals surface area contributed by atoms with Gasteiger partial charge >= 0.3 is 0 Å². The molecule has 4 aromatic rings. The number of fused-ring (bicyclic) bond motifs is 2. The summed E-state index contributed by atoms with van der Waals surface area (Å²) in [6, 6.07) is 16.1. The van der Waals surface area contributed by atoms with Crippen molar-refractivity contribution in [3.63, 3.8) is 0 Å². The van der Waals surface area contributed by atoms with Gasteiger partial charge in [-0.3, -0.25) is 4.57 Å². The smallest absolute Gasteiger partial charge is 0.163 e. The first-order valence-corrected chi connectivity index (χ1v) is 9.70. The van der Waals surface area contributed by atoms with Gasteiger partial charge in [-0.15, -0.1) is 0 Å². The third-order valence-electron chi connectivity index (χ3n) is 5.29. The van der Waals surface area contributed by atoms with E-state index in [0.29, 0.717) is 19.0 Å². The molecule has 29 heavy (non-hydrogen) atoms. The minimum atomic E-state index is 0.561. The van der Waals surface area contributed by atoms with Gasteiger partial charge in [-0.05, 0) is 50.6 Å². The van der Waals surface area contributed by atoms with Gasteiger partial charge in [-0.2, -0.15) is 0 Å². The summed E-state index contributed by atoms with van der Waals surface area (Å²) < 4.78 is 13.5. The first-order chi connectivity index (χ1) is 14.1. The molecule has 6 nitrogen and oxygen atoms in total. The fraction of sp³-hybridized carbons (Fsp3) is 0.217. The molecule has 2 aromatic heterocycles. The van der Waals surface area contributed by atoms with Crippen molar-refractivity contribution >= 4 is 22.5 Å². The summed E-state index contributed by atoms with van der Waals surface area (Å²) in [6.07, 6.45) is 0. The normalized spacial score (nSPS) is 12.9. The standard InChI is InChI=1S/C23H22N4O2/c1-14-15(2)27(18-7-5-4-6-8-18)23-21(14)22(24-16(3)25-23)26-17-9-10-19-20(13-17)29-12-11-28-19/h4-10,13H,11-12H2,1-3H3,(H,24,25,26). The number of nitrogens with one attached hydrogen (secondary N) is 1. The highest BCUT2D eigenvalue weighted by Gasteiger charge is 2.19. The molecule has 1 aliphatic rings. The topological polar surface area (TPSA) is 61.2 Å². The monoisotopic (exact) mass is 386 g/mol. The Labute approximate surface area is 169 Å². The van der Waals surface area contributed by atoms with E-state index >= 15 is 0 Å². The zero-order valence-corrected chi connectivity index (χ0v) is 16.7. The molecule has 0 radical (unpaired) electrons. The van der Waals surface area contributed by atoms with Crippen LogP contribution in [0.25, 0.3) is 16.7 Å². The Kier molecular flexibility index (Phi) is 4.12. The van der Waals surface area contributed by atoms with E-state index in [9.17, 15) is 0 Å². The van der Waals surface area contributed by atoms with Crippen LogP contribution in [0, 0.1) is 20.8 Å². The van der Waals surface area contributed by atoms with Gasteiger partial charge in [-0.25, -0.2) is 9.97 Å². The molecular weight excluding hydrogens is 364 g/mol. The highest BCUT2D eigenvalue weighted by Crippen LogP contribution is 2.36. The Bertz CT molecular complexity index is 1220. The van der Waals surface area contributed by atoms with E-state index in [0.717, 1.165) is 51.0 Å². The minimum absolute atomic E-state index is 0.561. The molecule has 0 saturated heterocycles. The molecule has 0 unspecified atom stereocenters. The van der Waals surface area contributed by atoms with Crippen LogP contribution in [0.1, 0.15) is 17.1 Å². The van der Waals surface area contributed by atoms with Crippen molar-refractivity contribution in [2.75, 3.05) is 18.5 Å². The summed E-state index contributed by atoms with van der Waals surface area (Å²) in [6.45, 7) is 7.29. The van der Waals surface area contributed by atoms with E-state index < -0.39 is 0 Å². The second kappa shape index (κ2) is 6.81. The average molecular weight is 386 g/mol. The van der Waals surface area contributed by atoms with Crippen LogP contribution in [0.15, 0.2) is 48.5 Å². The zero-order chi connectivity index (χ0) is 20.0. The number of anilines is 2. The number of nitrogens with zero attached hydrogens (tertiary/aromatic N) is 3. The molecule has 0 aliphatic carbocycles. The molecule has 0 spiro atoms. The predicted molar refractivity (Wildman–Crippen MR) is 114 cm³/mol. The molecular formula is C23H22N4O2. The molecule has 0 saturated carbocycles. The molecule has 3 heterocycles. The largest absolute Gasteiger partial charge is 0.486 e. The van der Waals surface area contributed by atoms with Gasteiger partial charge in [0.05, 0.1) is 5.39 Å². The number of benzene rings is 2. The predicted octanol–water partition coefficient (Wildman–Crippen LogP) is 4.86. The lowest BCUT2D eigenvalue weighted by atomic mass is 10.2. The van der Waals surface area contributed by atoms with Gasteiger partial charge < -0.3 is 14.8 Å². The highest BCUT2D eigenvalue weighted by atomic mass is 16.6. The SMILES string of the molecule is Cc1nc(Nc2ccc3c(c2)OCCO3)c2c(C)c(C)n(-c3ccccc3)c2n1. The summed E-state index contributed by atoms with van der Waals surface area (Å²) in [7, 11) is 0. The molecule has 0 bridgehead atoms. The van der Waals surface area contributed by atoms with E-state index in [2.05, 4.69) is 35.9 Å². The lowest BCUT2D eigenvalue weighted by Gasteiger charge is -2.19. The lowest BCUT2D eigenvalue weighted by Crippen LogP contribution is -2.15. The van der Waals surface area contributed by atoms with E-state index in [4.69, 9.17) is 19.4 Å². The molecule has 0 amide bonds. The number of rotatable bonds is 3. The van der Waals surface area contributed by atoms with Gasteiger partial charge in [0.1, 0.15) is 24.9 Å². The van der Waals surface area contributed by atoms with Crippen LogP contribution in [0.2, 0.25) is 0 Å². The van der Waals surface area contributed by atoms with E-state index in [1.807, 2.05) is 43.3 Å². The summed E-state index contributed by atoms with van der Waals surface area (Å²) in [5, 5.41) is 4.49. The van der Waals surface area contributed by atoms with E-state index in [-0.39, 0.29) is 0 Å². The Morgan fingerprint density at radius 2 is 1.66 bits per heavy atom. The number of hydrogen-bond donors (Lipinski definition) is 1. The number of aryl methyl sites for hydroxylation is 2. The second-order valence-corrected chi connectivity index (χ2v) is 7.18. The number of para-hydroxylation sites is 1. The molecule has 0 fully saturated rings. The molecule has 5 rings (SSSR count). The Balaban J connectivity index is 1.65. The molecule has 0 atom stereocenters. The molecule has 146 valence electrons. The van der Waals surface area contributed by atoms with Crippen molar-refractivity contribution in [2.45, 2.75) is 20.8 Å². The van der Waals surface area contributed by atoms with Crippen LogP contribution in [0.3, 0.4) is 0 Å². The maximum absolute atomic E-state index is 5.72. The fourth-order valence-corrected chi connectivity index (χ4v) is 3.81. The summed E-state index contributed by atoms with van der Waals surface area (Å²) in [5.74, 6) is 3.03. The Hall–Kier alpha value is -3.54. The first-order valence-electron chi connectivity index (χ1n) is 9.70. The van der Waals surface area contributed by atoms with Crippen LogP contribution in [0.5, 0.6) is 11.5 Å². The summed E-state index contributed by atoms with van der Waals surface area (Å²) in [4.78, 5) is 9.48. The quantitative estimate of drug-likeness (QED) is 0.545. The van der Waals surface area contributed by atoms with Crippen molar-refractivity contribution in [3.8, 4) is 17.2 Å². The van der Waals surface area contributed by atoms with Gasteiger partial charge in [0, 0.05) is 23.1 Å². The molecule has 2 aromatic carbocycles. The third kappa shape index (κ3) is 2.97.